The van der Waals surface area contributed by atoms with E-state index in [0.29, 0.717) is 12.3 Å². The lowest BCUT2D eigenvalue weighted by atomic mass is 10.1. The molecule has 0 saturated heterocycles. The largest absolute Gasteiger partial charge is 0.497 e. The van der Waals surface area contributed by atoms with Crippen molar-refractivity contribution in [2.75, 3.05) is 14.2 Å². The van der Waals surface area contributed by atoms with Gasteiger partial charge in [-0.3, -0.25) is 4.68 Å². The molecule has 0 radical (unpaired) electrons. The zero-order valence-corrected chi connectivity index (χ0v) is 10.4. The minimum absolute atomic E-state index is 0.215. The SMILES string of the molecule is COc1ccc(C(N)Cn2cncn2)c(OC)c1. The van der Waals surface area contributed by atoms with Crippen LogP contribution in [0.5, 0.6) is 11.5 Å². The summed E-state index contributed by atoms with van der Waals surface area (Å²) in [6, 6.07) is 5.36. The van der Waals surface area contributed by atoms with Gasteiger partial charge in [0, 0.05) is 11.6 Å². The second kappa shape index (κ2) is 5.50. The van der Waals surface area contributed by atoms with E-state index < -0.39 is 0 Å². The third-order valence-electron chi connectivity index (χ3n) is 2.69. The van der Waals surface area contributed by atoms with Crippen molar-refractivity contribution in [2.45, 2.75) is 12.6 Å². The average molecular weight is 248 g/mol. The second-order valence-corrected chi connectivity index (χ2v) is 3.83. The first-order chi connectivity index (χ1) is 8.74. The van der Waals surface area contributed by atoms with Crippen LogP contribution < -0.4 is 15.2 Å². The van der Waals surface area contributed by atoms with Crippen molar-refractivity contribution in [2.24, 2.45) is 5.73 Å². The van der Waals surface area contributed by atoms with E-state index in [4.69, 9.17) is 15.2 Å². The summed E-state index contributed by atoms with van der Waals surface area (Å²) in [5.74, 6) is 1.45. The zero-order valence-electron chi connectivity index (χ0n) is 10.4. The molecule has 1 heterocycles. The van der Waals surface area contributed by atoms with E-state index in [1.165, 1.54) is 6.33 Å². The van der Waals surface area contributed by atoms with E-state index in [1.54, 1.807) is 25.2 Å². The van der Waals surface area contributed by atoms with Gasteiger partial charge in [0.25, 0.3) is 0 Å². The predicted molar refractivity (Wildman–Crippen MR) is 66.5 cm³/mol. The fraction of sp³-hybridized carbons (Fsp3) is 0.333. The Morgan fingerprint density at radius 2 is 2.17 bits per heavy atom. The molecule has 0 aliphatic carbocycles. The maximum Gasteiger partial charge on any atom is 0.137 e. The Kier molecular flexibility index (Phi) is 3.78. The summed E-state index contributed by atoms with van der Waals surface area (Å²) < 4.78 is 12.2. The lowest BCUT2D eigenvalue weighted by Crippen LogP contribution is -2.18. The van der Waals surface area contributed by atoms with Crippen LogP contribution >= 0.6 is 0 Å². The summed E-state index contributed by atoms with van der Waals surface area (Å²) in [5, 5.41) is 4.03. The van der Waals surface area contributed by atoms with E-state index in [9.17, 15) is 0 Å². The third kappa shape index (κ3) is 2.60. The molecule has 18 heavy (non-hydrogen) atoms. The maximum atomic E-state index is 6.14. The maximum absolute atomic E-state index is 6.14. The topological polar surface area (TPSA) is 75.2 Å². The number of ether oxygens (including phenoxy) is 2. The number of nitrogens with two attached hydrogens (primary N) is 1. The van der Waals surface area contributed by atoms with Crippen LogP contribution in [-0.2, 0) is 6.54 Å². The molecular formula is C12H16N4O2. The highest BCUT2D eigenvalue weighted by atomic mass is 16.5. The van der Waals surface area contributed by atoms with Gasteiger partial charge in [-0.2, -0.15) is 5.10 Å². The molecule has 0 spiro atoms. The van der Waals surface area contributed by atoms with E-state index >= 15 is 0 Å². The van der Waals surface area contributed by atoms with Crippen molar-refractivity contribution >= 4 is 0 Å². The van der Waals surface area contributed by atoms with Crippen LogP contribution in [0.3, 0.4) is 0 Å². The molecule has 6 heteroatoms. The predicted octanol–water partition coefficient (Wildman–Crippen LogP) is 0.995. The number of hydrogen-bond donors (Lipinski definition) is 1. The van der Waals surface area contributed by atoms with Crippen LogP contribution in [0.4, 0.5) is 0 Å². The molecule has 2 aromatic rings. The summed E-state index contributed by atoms with van der Waals surface area (Å²) in [6.45, 7) is 0.544. The molecular weight excluding hydrogens is 232 g/mol. The van der Waals surface area contributed by atoms with Gasteiger partial charge >= 0.3 is 0 Å². The van der Waals surface area contributed by atoms with Crippen LogP contribution in [0.1, 0.15) is 11.6 Å². The Hall–Kier alpha value is -2.08. The Balaban J connectivity index is 2.21. The molecule has 0 saturated carbocycles. The molecule has 0 aliphatic rings. The zero-order chi connectivity index (χ0) is 13.0. The molecule has 96 valence electrons. The lowest BCUT2D eigenvalue weighted by molar-refractivity contribution is 0.385. The Morgan fingerprint density at radius 3 is 2.78 bits per heavy atom. The fourth-order valence-electron chi connectivity index (χ4n) is 1.75. The monoisotopic (exact) mass is 248 g/mol. The van der Waals surface area contributed by atoms with E-state index in [1.807, 2.05) is 18.2 Å². The molecule has 0 aliphatic heterocycles. The molecule has 1 atom stereocenters. The molecule has 0 fully saturated rings. The van der Waals surface area contributed by atoms with Crippen molar-refractivity contribution in [3.63, 3.8) is 0 Å². The smallest absolute Gasteiger partial charge is 0.137 e. The summed E-state index contributed by atoms with van der Waals surface area (Å²) in [5.41, 5.74) is 7.06. The van der Waals surface area contributed by atoms with Gasteiger partial charge in [0.2, 0.25) is 0 Å². The van der Waals surface area contributed by atoms with E-state index in [0.717, 1.165) is 11.3 Å². The number of benzene rings is 1. The molecule has 0 bridgehead atoms. The number of nitrogens with zero attached hydrogens (tertiary/aromatic N) is 3. The van der Waals surface area contributed by atoms with Crippen molar-refractivity contribution in [1.29, 1.82) is 0 Å². The Morgan fingerprint density at radius 1 is 1.33 bits per heavy atom. The minimum Gasteiger partial charge on any atom is -0.497 e. The van der Waals surface area contributed by atoms with Gasteiger partial charge in [-0.05, 0) is 6.07 Å². The average Bonchev–Trinajstić information content (AvgIpc) is 2.90. The molecule has 1 unspecified atom stereocenters. The summed E-state index contributed by atoms with van der Waals surface area (Å²) in [7, 11) is 3.23. The second-order valence-electron chi connectivity index (χ2n) is 3.83. The van der Waals surface area contributed by atoms with Crippen LogP contribution in [-0.4, -0.2) is 29.0 Å². The summed E-state index contributed by atoms with van der Waals surface area (Å²) in [6.07, 6.45) is 3.12. The van der Waals surface area contributed by atoms with Crippen molar-refractivity contribution in [1.82, 2.24) is 14.8 Å². The first-order valence-electron chi connectivity index (χ1n) is 5.54. The molecule has 1 aromatic carbocycles. The highest BCUT2D eigenvalue weighted by Crippen LogP contribution is 2.28. The van der Waals surface area contributed by atoms with E-state index in [2.05, 4.69) is 10.1 Å². The van der Waals surface area contributed by atoms with Crippen LogP contribution in [0.2, 0.25) is 0 Å². The highest BCUT2D eigenvalue weighted by molar-refractivity contribution is 5.42. The van der Waals surface area contributed by atoms with Crippen molar-refractivity contribution in [3.8, 4) is 11.5 Å². The first kappa shape index (κ1) is 12.4. The normalized spacial score (nSPS) is 12.2. The number of rotatable bonds is 5. The number of aromatic nitrogens is 3. The van der Waals surface area contributed by atoms with Gasteiger partial charge in [0.15, 0.2) is 0 Å². The quantitative estimate of drug-likeness (QED) is 0.854. The molecule has 1 aromatic heterocycles. The highest BCUT2D eigenvalue weighted by Gasteiger charge is 2.13. The minimum atomic E-state index is -0.215. The number of hydrogen-bond acceptors (Lipinski definition) is 5. The fourth-order valence-corrected chi connectivity index (χ4v) is 1.75. The molecule has 2 N–H and O–H groups in total. The lowest BCUT2D eigenvalue weighted by Gasteiger charge is -2.16. The van der Waals surface area contributed by atoms with Crippen molar-refractivity contribution < 1.29 is 9.47 Å². The van der Waals surface area contributed by atoms with Crippen LogP contribution in [0.25, 0.3) is 0 Å². The van der Waals surface area contributed by atoms with Gasteiger partial charge in [0.05, 0.1) is 26.8 Å². The molecule has 0 amide bonds. The van der Waals surface area contributed by atoms with Gasteiger partial charge < -0.3 is 15.2 Å². The Labute approximate surface area is 105 Å². The standard InChI is InChI=1S/C12H16N4O2/c1-17-9-3-4-10(12(5-9)18-2)11(13)6-16-8-14-7-15-16/h3-5,7-8,11H,6,13H2,1-2H3. The first-order valence-corrected chi connectivity index (χ1v) is 5.54. The van der Waals surface area contributed by atoms with E-state index in [-0.39, 0.29) is 6.04 Å². The van der Waals surface area contributed by atoms with Gasteiger partial charge in [-0.25, -0.2) is 4.98 Å². The van der Waals surface area contributed by atoms with Crippen LogP contribution in [0.15, 0.2) is 30.9 Å². The summed E-state index contributed by atoms with van der Waals surface area (Å²) >= 11 is 0. The van der Waals surface area contributed by atoms with Gasteiger partial charge in [-0.1, -0.05) is 6.07 Å². The molecule has 6 nitrogen and oxygen atoms in total. The van der Waals surface area contributed by atoms with Crippen molar-refractivity contribution in [3.05, 3.63) is 36.4 Å². The van der Waals surface area contributed by atoms with Gasteiger partial charge in [-0.15, -0.1) is 0 Å². The van der Waals surface area contributed by atoms with Crippen LogP contribution in [0, 0.1) is 0 Å². The van der Waals surface area contributed by atoms with Gasteiger partial charge in [0.1, 0.15) is 24.2 Å². The number of methoxy groups -OCH3 is 2. The third-order valence-corrected chi connectivity index (χ3v) is 2.69. The summed E-state index contributed by atoms with van der Waals surface area (Å²) in [4.78, 5) is 3.88. The molecule has 2 rings (SSSR count). The Bertz CT molecular complexity index is 499.